The Morgan fingerprint density at radius 2 is 0.875 bits per heavy atom. The molecule has 0 saturated heterocycles. The first-order valence-corrected chi connectivity index (χ1v) is 21.9. The molecule has 0 N–H and O–H groups in total. The third kappa shape index (κ3) is 5.41. The number of furan rings is 2. The van der Waals surface area contributed by atoms with Crippen molar-refractivity contribution in [1.82, 2.24) is 0 Å². The van der Waals surface area contributed by atoms with Crippen LogP contribution in [-0.4, -0.2) is 0 Å². The lowest BCUT2D eigenvalue weighted by Gasteiger charge is -2.35. The third-order valence-electron chi connectivity index (χ3n) is 13.3. The zero-order valence-electron chi connectivity index (χ0n) is 34.8. The van der Waals surface area contributed by atoms with Crippen LogP contribution < -0.4 is 4.90 Å². The molecule has 0 saturated carbocycles. The summed E-state index contributed by atoms with van der Waals surface area (Å²) in [6, 6.07) is 85.2. The number of hydrogen-bond acceptors (Lipinski definition) is 3. The fraction of sp³-hybridized carbons (Fsp3) is 0.0164. The number of rotatable bonds is 7. The van der Waals surface area contributed by atoms with Gasteiger partial charge >= 0.3 is 0 Å². The van der Waals surface area contributed by atoms with Gasteiger partial charge in [0.15, 0.2) is 5.58 Å². The van der Waals surface area contributed by atoms with Gasteiger partial charge in [-0.05, 0) is 110 Å². The molecule has 0 amide bonds. The minimum atomic E-state index is -0.558. The SMILES string of the molecule is c1ccc(-c2ccc(-c3cc(N(c4ccccc4)c4ccc5c(c4)C(c4ccccc4)(c4ccccc4)c4ccccc4-5)c4oc5ccc6oc7ccccc7c6c5c4c3)cc2)cc1. The average Bonchev–Trinajstić information content (AvgIpc) is 4.03. The Labute approximate surface area is 370 Å². The van der Waals surface area contributed by atoms with E-state index in [1.807, 2.05) is 18.2 Å². The van der Waals surface area contributed by atoms with Crippen molar-refractivity contribution >= 4 is 60.9 Å². The molecular weight excluding hydrogens is 779 g/mol. The van der Waals surface area contributed by atoms with E-state index >= 15 is 0 Å². The van der Waals surface area contributed by atoms with Crippen molar-refractivity contribution in [3.05, 3.63) is 259 Å². The number of hydrogen-bond donors (Lipinski definition) is 0. The molecule has 3 nitrogen and oxygen atoms in total. The van der Waals surface area contributed by atoms with Crippen LogP contribution in [0.15, 0.2) is 245 Å². The molecule has 64 heavy (non-hydrogen) atoms. The second-order valence-corrected chi connectivity index (χ2v) is 16.8. The fourth-order valence-electron chi connectivity index (χ4n) is 10.6. The Balaban J connectivity index is 1.11. The molecule has 0 spiro atoms. The van der Waals surface area contributed by atoms with Crippen LogP contribution in [0.2, 0.25) is 0 Å². The maximum atomic E-state index is 7.14. The molecular formula is C61H39NO2. The highest BCUT2D eigenvalue weighted by atomic mass is 16.3. The van der Waals surface area contributed by atoms with Gasteiger partial charge in [0.25, 0.3) is 0 Å². The van der Waals surface area contributed by atoms with E-state index in [1.54, 1.807) is 0 Å². The fourth-order valence-corrected chi connectivity index (χ4v) is 10.6. The minimum Gasteiger partial charge on any atom is -0.456 e. The van der Waals surface area contributed by atoms with Crippen LogP contribution in [0.4, 0.5) is 17.1 Å². The Bertz CT molecular complexity index is 3660. The van der Waals surface area contributed by atoms with E-state index in [-0.39, 0.29) is 0 Å². The van der Waals surface area contributed by atoms with Gasteiger partial charge in [0.1, 0.15) is 16.7 Å². The summed E-state index contributed by atoms with van der Waals surface area (Å²) in [7, 11) is 0. The van der Waals surface area contributed by atoms with Crippen molar-refractivity contribution in [2.45, 2.75) is 5.41 Å². The second-order valence-electron chi connectivity index (χ2n) is 16.8. The zero-order chi connectivity index (χ0) is 42.2. The molecule has 2 aromatic heterocycles. The van der Waals surface area contributed by atoms with Gasteiger partial charge in [0, 0.05) is 32.9 Å². The zero-order valence-corrected chi connectivity index (χ0v) is 34.8. The van der Waals surface area contributed by atoms with E-state index < -0.39 is 5.41 Å². The monoisotopic (exact) mass is 817 g/mol. The second kappa shape index (κ2) is 14.3. The smallest absolute Gasteiger partial charge is 0.159 e. The molecule has 0 atom stereocenters. The molecule has 0 radical (unpaired) electrons. The maximum Gasteiger partial charge on any atom is 0.159 e. The van der Waals surface area contributed by atoms with Crippen molar-refractivity contribution in [3.63, 3.8) is 0 Å². The maximum absolute atomic E-state index is 7.14. The largest absolute Gasteiger partial charge is 0.456 e. The molecule has 0 fully saturated rings. The highest BCUT2D eigenvalue weighted by Gasteiger charge is 2.46. The molecule has 0 bridgehead atoms. The van der Waals surface area contributed by atoms with Crippen LogP contribution in [-0.2, 0) is 5.41 Å². The predicted octanol–water partition coefficient (Wildman–Crippen LogP) is 16.7. The Morgan fingerprint density at radius 1 is 0.328 bits per heavy atom. The highest BCUT2D eigenvalue weighted by Crippen LogP contribution is 2.58. The van der Waals surface area contributed by atoms with Gasteiger partial charge in [-0.3, -0.25) is 0 Å². The van der Waals surface area contributed by atoms with E-state index in [0.29, 0.717) is 0 Å². The summed E-state index contributed by atoms with van der Waals surface area (Å²) in [6.07, 6.45) is 0. The molecule has 1 aliphatic rings. The van der Waals surface area contributed by atoms with Gasteiger partial charge in [-0.2, -0.15) is 0 Å². The van der Waals surface area contributed by atoms with E-state index in [0.717, 1.165) is 72.1 Å². The van der Waals surface area contributed by atoms with Crippen molar-refractivity contribution in [1.29, 1.82) is 0 Å². The Kier molecular flexibility index (Phi) is 8.13. The number of fused-ring (bicyclic) bond motifs is 10. The van der Waals surface area contributed by atoms with E-state index in [4.69, 9.17) is 8.83 Å². The molecule has 12 aromatic rings. The highest BCUT2D eigenvalue weighted by molar-refractivity contribution is 6.27. The van der Waals surface area contributed by atoms with Crippen LogP contribution in [0.3, 0.4) is 0 Å². The summed E-state index contributed by atoms with van der Waals surface area (Å²) in [6.45, 7) is 0. The minimum absolute atomic E-state index is 0.558. The first kappa shape index (κ1) is 36.3. The molecule has 300 valence electrons. The average molecular weight is 818 g/mol. The van der Waals surface area contributed by atoms with Crippen LogP contribution >= 0.6 is 0 Å². The Morgan fingerprint density at radius 3 is 1.59 bits per heavy atom. The van der Waals surface area contributed by atoms with Gasteiger partial charge in [0.05, 0.1) is 11.1 Å². The summed E-state index contributed by atoms with van der Waals surface area (Å²) < 4.78 is 13.6. The summed E-state index contributed by atoms with van der Waals surface area (Å²) >= 11 is 0. The first-order chi connectivity index (χ1) is 31.7. The number of para-hydroxylation sites is 2. The summed E-state index contributed by atoms with van der Waals surface area (Å²) in [5, 5.41) is 4.21. The summed E-state index contributed by atoms with van der Waals surface area (Å²) in [5.74, 6) is 0. The molecule has 10 aromatic carbocycles. The topological polar surface area (TPSA) is 29.5 Å². The lowest BCUT2D eigenvalue weighted by Crippen LogP contribution is -2.28. The van der Waals surface area contributed by atoms with Crippen molar-refractivity contribution in [2.24, 2.45) is 0 Å². The quantitative estimate of drug-likeness (QED) is 0.160. The van der Waals surface area contributed by atoms with E-state index in [9.17, 15) is 0 Å². The molecule has 0 unspecified atom stereocenters. The van der Waals surface area contributed by atoms with Crippen molar-refractivity contribution in [3.8, 4) is 33.4 Å². The predicted molar refractivity (Wildman–Crippen MR) is 264 cm³/mol. The molecule has 13 rings (SSSR count). The van der Waals surface area contributed by atoms with E-state index in [1.165, 1.54) is 44.5 Å². The third-order valence-corrected chi connectivity index (χ3v) is 13.3. The van der Waals surface area contributed by atoms with Crippen LogP contribution in [0.5, 0.6) is 0 Å². The lowest BCUT2D eigenvalue weighted by molar-refractivity contribution is 0.663. The van der Waals surface area contributed by atoms with Crippen LogP contribution in [0.1, 0.15) is 22.3 Å². The first-order valence-electron chi connectivity index (χ1n) is 21.9. The molecule has 3 heteroatoms. The molecule has 2 heterocycles. The van der Waals surface area contributed by atoms with Gasteiger partial charge < -0.3 is 13.7 Å². The number of anilines is 3. The van der Waals surface area contributed by atoms with Crippen LogP contribution in [0, 0.1) is 0 Å². The van der Waals surface area contributed by atoms with Gasteiger partial charge in [-0.15, -0.1) is 0 Å². The lowest BCUT2D eigenvalue weighted by atomic mass is 9.67. The number of benzene rings is 10. The Hall–Kier alpha value is -8.40. The van der Waals surface area contributed by atoms with Gasteiger partial charge in [-0.1, -0.05) is 182 Å². The van der Waals surface area contributed by atoms with Crippen molar-refractivity contribution < 1.29 is 8.83 Å². The van der Waals surface area contributed by atoms with E-state index in [2.05, 4.69) is 223 Å². The van der Waals surface area contributed by atoms with Crippen LogP contribution in [0.25, 0.3) is 77.3 Å². The standard InChI is InChI=1S/C61H39NO2/c1-5-17-40(18-6-1)41-29-31-42(32-30-41)43-37-51-59-57(36-35-56-58(59)50-26-14-16-28-55(50)63-56)64-60(51)54(38-43)62(46-23-11-4-12-24-46)47-33-34-49-48-25-13-15-27-52(48)61(53(49)39-47,44-19-7-2-8-20-44)45-21-9-3-10-22-45/h1-39H. The molecule has 1 aliphatic carbocycles. The van der Waals surface area contributed by atoms with Gasteiger partial charge in [0.2, 0.25) is 0 Å². The number of nitrogens with zero attached hydrogens (tertiary/aromatic N) is 1. The van der Waals surface area contributed by atoms with Gasteiger partial charge in [-0.25, -0.2) is 0 Å². The summed E-state index contributed by atoms with van der Waals surface area (Å²) in [5.41, 5.74) is 17.8. The summed E-state index contributed by atoms with van der Waals surface area (Å²) in [4.78, 5) is 2.39. The normalized spacial score (nSPS) is 12.8. The van der Waals surface area contributed by atoms with Crippen molar-refractivity contribution in [2.75, 3.05) is 4.90 Å². The molecule has 0 aliphatic heterocycles.